The molecule has 6 nitrogen and oxygen atoms in total. The molecule has 0 aliphatic heterocycles. The summed E-state index contributed by atoms with van der Waals surface area (Å²) in [6.45, 7) is 3.40. The zero-order chi connectivity index (χ0) is 25.4. The fourth-order valence-corrected chi connectivity index (χ4v) is 4.31. The maximum Gasteiger partial charge on any atom is 0.416 e. The van der Waals surface area contributed by atoms with Gasteiger partial charge in [-0.25, -0.2) is 14.8 Å². The number of halogens is 3. The van der Waals surface area contributed by atoms with Crippen LogP contribution in [-0.2, 0) is 11.0 Å². The summed E-state index contributed by atoms with van der Waals surface area (Å²) in [4.78, 5) is 19.9. The molecular weight excluding hydrogens is 481 g/mol. The second-order valence-electron chi connectivity index (χ2n) is 7.68. The first-order valence-corrected chi connectivity index (χ1v) is 11.9. The fraction of sp³-hybridized carbons (Fsp3) is 0.320. The lowest BCUT2D eigenvalue weighted by atomic mass is 10.1. The molecule has 0 fully saturated rings. The Balaban J connectivity index is 1.67. The van der Waals surface area contributed by atoms with Crippen LogP contribution < -0.4 is 9.47 Å². The lowest BCUT2D eigenvalue weighted by molar-refractivity contribution is -0.139. The van der Waals surface area contributed by atoms with Crippen LogP contribution in [0.1, 0.15) is 30.9 Å². The van der Waals surface area contributed by atoms with Crippen molar-refractivity contribution in [2.75, 3.05) is 12.4 Å². The highest BCUT2D eigenvalue weighted by atomic mass is 32.2. The van der Waals surface area contributed by atoms with E-state index in [-0.39, 0.29) is 17.5 Å². The van der Waals surface area contributed by atoms with Crippen LogP contribution in [0.2, 0.25) is 0 Å². The highest BCUT2D eigenvalue weighted by Gasteiger charge is 2.32. The Morgan fingerprint density at radius 1 is 1.11 bits per heavy atom. The molecule has 186 valence electrons. The minimum absolute atomic E-state index is 0.165. The summed E-state index contributed by atoms with van der Waals surface area (Å²) in [6.07, 6.45) is -0.443. The van der Waals surface area contributed by atoms with Crippen molar-refractivity contribution in [2.24, 2.45) is 0 Å². The molecule has 1 heterocycles. The molecule has 0 aliphatic carbocycles. The van der Waals surface area contributed by atoms with Gasteiger partial charge in [-0.1, -0.05) is 6.92 Å². The molecule has 1 aromatic heterocycles. The van der Waals surface area contributed by atoms with Gasteiger partial charge in [0.25, 0.3) is 0 Å². The number of aromatic nitrogens is 2. The topological polar surface area (TPSA) is 81.5 Å². The zero-order valence-corrected chi connectivity index (χ0v) is 20.0. The number of alkyl halides is 3. The summed E-state index contributed by atoms with van der Waals surface area (Å²) in [5, 5.41) is 8.75. The number of aliphatic carboxylic acids is 1. The summed E-state index contributed by atoms with van der Waals surface area (Å²) in [5.74, 6) is 0.661. The second kappa shape index (κ2) is 11.9. The molecule has 3 rings (SSSR count). The highest BCUT2D eigenvalue weighted by molar-refractivity contribution is 7.99. The number of rotatable bonds is 11. The molecule has 1 unspecified atom stereocenters. The third-order valence-electron chi connectivity index (χ3n) is 5.07. The Morgan fingerprint density at radius 2 is 1.83 bits per heavy atom. The minimum Gasteiger partial charge on any atom is -0.490 e. The molecule has 0 amide bonds. The number of carboxylic acid groups (broad SMARTS) is 1. The largest absolute Gasteiger partial charge is 0.490 e. The van der Waals surface area contributed by atoms with E-state index in [4.69, 9.17) is 14.6 Å². The van der Waals surface area contributed by atoms with Crippen LogP contribution in [0.4, 0.5) is 13.2 Å². The maximum absolute atomic E-state index is 13.3. The van der Waals surface area contributed by atoms with E-state index in [1.807, 2.05) is 26.0 Å². The molecule has 0 spiro atoms. The molecule has 0 radical (unpaired) electrons. The van der Waals surface area contributed by atoms with Gasteiger partial charge in [0.15, 0.2) is 12.4 Å². The van der Waals surface area contributed by atoms with Crippen molar-refractivity contribution >= 4 is 17.7 Å². The van der Waals surface area contributed by atoms with Crippen molar-refractivity contribution in [3.63, 3.8) is 0 Å². The van der Waals surface area contributed by atoms with Crippen LogP contribution in [0.25, 0.3) is 11.4 Å². The van der Waals surface area contributed by atoms with Gasteiger partial charge in [0.2, 0.25) is 0 Å². The summed E-state index contributed by atoms with van der Waals surface area (Å²) in [5.41, 5.74) is 0.234. The van der Waals surface area contributed by atoms with Crippen molar-refractivity contribution < 1.29 is 32.5 Å². The molecule has 10 heteroatoms. The smallest absolute Gasteiger partial charge is 0.416 e. The Kier molecular flexibility index (Phi) is 8.97. The zero-order valence-electron chi connectivity index (χ0n) is 19.2. The van der Waals surface area contributed by atoms with Gasteiger partial charge in [-0.3, -0.25) is 0 Å². The molecule has 0 saturated carbocycles. The average molecular weight is 507 g/mol. The van der Waals surface area contributed by atoms with Crippen LogP contribution in [-0.4, -0.2) is 39.5 Å². The van der Waals surface area contributed by atoms with Crippen LogP contribution in [0.15, 0.2) is 59.8 Å². The Morgan fingerprint density at radius 3 is 2.46 bits per heavy atom. The first kappa shape index (κ1) is 26.3. The predicted octanol–water partition coefficient (Wildman–Crippen LogP) is 6.27. The number of carboxylic acids is 1. The van der Waals surface area contributed by atoms with E-state index in [0.29, 0.717) is 30.1 Å². The normalized spacial score (nSPS) is 12.3. The number of thioether (sulfide) groups is 1. The monoisotopic (exact) mass is 506 g/mol. The summed E-state index contributed by atoms with van der Waals surface area (Å²) in [7, 11) is 0. The highest BCUT2D eigenvalue weighted by Crippen LogP contribution is 2.37. The number of ether oxygens (including phenoxy) is 2. The number of hydrogen-bond donors (Lipinski definition) is 1. The Hall–Kier alpha value is -3.27. The van der Waals surface area contributed by atoms with Crippen LogP contribution in [0, 0.1) is 6.92 Å². The van der Waals surface area contributed by atoms with Crippen molar-refractivity contribution in [1.29, 1.82) is 0 Å². The molecule has 1 atom stereocenters. The second-order valence-corrected chi connectivity index (χ2v) is 8.84. The minimum atomic E-state index is -4.49. The lowest BCUT2D eigenvalue weighted by Crippen LogP contribution is -2.17. The Bertz CT molecular complexity index is 1140. The van der Waals surface area contributed by atoms with E-state index in [1.165, 1.54) is 18.5 Å². The molecule has 2 aromatic carbocycles. The molecule has 0 saturated heterocycles. The fourth-order valence-electron chi connectivity index (χ4n) is 3.27. The number of benzene rings is 2. The van der Waals surface area contributed by atoms with Gasteiger partial charge in [-0.2, -0.15) is 13.2 Å². The SMILES string of the molecule is CCC(CCSc1ccc(OCC(=O)O)c(C)c1)Oc1ccc(C(F)(F)F)cc1-c1ncccn1. The molecule has 0 bridgehead atoms. The average Bonchev–Trinajstić information content (AvgIpc) is 2.82. The number of aryl methyl sites for hydroxylation is 1. The first-order valence-electron chi connectivity index (χ1n) is 10.9. The van der Waals surface area contributed by atoms with Gasteiger partial charge < -0.3 is 14.6 Å². The van der Waals surface area contributed by atoms with Crippen molar-refractivity contribution in [2.45, 2.75) is 43.9 Å². The summed E-state index contributed by atoms with van der Waals surface area (Å²) < 4.78 is 51.2. The van der Waals surface area contributed by atoms with E-state index in [2.05, 4.69) is 9.97 Å². The van der Waals surface area contributed by atoms with E-state index >= 15 is 0 Å². The Labute approximate surface area is 205 Å². The third kappa shape index (κ3) is 7.61. The maximum atomic E-state index is 13.3. The molecule has 1 N–H and O–H groups in total. The molecular formula is C25H25F3N2O4S. The van der Waals surface area contributed by atoms with Gasteiger partial charge in [0, 0.05) is 23.0 Å². The van der Waals surface area contributed by atoms with Crippen molar-refractivity contribution in [1.82, 2.24) is 9.97 Å². The third-order valence-corrected chi connectivity index (χ3v) is 6.10. The van der Waals surface area contributed by atoms with Crippen LogP contribution in [0.3, 0.4) is 0 Å². The van der Waals surface area contributed by atoms with Crippen LogP contribution in [0.5, 0.6) is 11.5 Å². The molecule has 35 heavy (non-hydrogen) atoms. The van der Waals surface area contributed by atoms with Crippen LogP contribution >= 0.6 is 11.8 Å². The predicted molar refractivity (Wildman–Crippen MR) is 127 cm³/mol. The number of hydrogen-bond acceptors (Lipinski definition) is 6. The van der Waals surface area contributed by atoms with Crippen molar-refractivity contribution in [3.8, 4) is 22.9 Å². The van der Waals surface area contributed by atoms with Crippen molar-refractivity contribution in [3.05, 3.63) is 66.0 Å². The molecule has 3 aromatic rings. The van der Waals surface area contributed by atoms with E-state index in [0.717, 1.165) is 22.6 Å². The van der Waals surface area contributed by atoms with Gasteiger partial charge in [0.05, 0.1) is 17.2 Å². The number of carbonyl (C=O) groups is 1. The van der Waals surface area contributed by atoms with E-state index < -0.39 is 24.3 Å². The van der Waals surface area contributed by atoms with Gasteiger partial charge in [-0.05, 0) is 67.8 Å². The quantitative estimate of drug-likeness (QED) is 0.307. The lowest BCUT2D eigenvalue weighted by Gasteiger charge is -2.20. The van der Waals surface area contributed by atoms with Gasteiger partial charge >= 0.3 is 12.1 Å². The summed E-state index contributed by atoms with van der Waals surface area (Å²) in [6, 6.07) is 10.5. The molecule has 0 aliphatic rings. The van der Waals surface area contributed by atoms with E-state index in [1.54, 1.807) is 23.9 Å². The number of nitrogens with zero attached hydrogens (tertiary/aromatic N) is 2. The summed E-state index contributed by atoms with van der Waals surface area (Å²) >= 11 is 1.60. The van der Waals surface area contributed by atoms with Gasteiger partial charge in [-0.15, -0.1) is 11.8 Å². The standard InChI is InChI=1S/C25H25F3N2O4S/c1-3-18(9-12-35-19-6-8-21(16(2)13-19)33-15-23(31)32)34-22-7-5-17(25(26,27)28)14-20(22)24-29-10-4-11-30-24/h4-8,10-11,13-14,18H,3,9,12,15H2,1-2H3,(H,31,32). The van der Waals surface area contributed by atoms with Gasteiger partial charge in [0.1, 0.15) is 11.5 Å². The van der Waals surface area contributed by atoms with E-state index in [9.17, 15) is 18.0 Å². The first-order chi connectivity index (χ1) is 16.7.